The lowest BCUT2D eigenvalue weighted by Gasteiger charge is -2.30. The van der Waals surface area contributed by atoms with Crippen molar-refractivity contribution in [2.45, 2.75) is 63.4 Å². The summed E-state index contributed by atoms with van der Waals surface area (Å²) in [7, 11) is 0. The molecule has 0 amide bonds. The number of aliphatic hydroxyl groups is 1. The summed E-state index contributed by atoms with van der Waals surface area (Å²) in [6, 6.07) is 6.40. The standard InChI is InChI=1S/C17H22O2/c18-16(17(19)9-2-1-3-10-17)12-13-7-8-14-5-4-6-15(14)11-13/h7-8,11,19H,1-6,9-10,12H2. The van der Waals surface area contributed by atoms with Gasteiger partial charge in [-0.3, -0.25) is 4.79 Å². The van der Waals surface area contributed by atoms with Crippen LogP contribution in [-0.4, -0.2) is 16.5 Å². The number of hydrogen-bond acceptors (Lipinski definition) is 2. The number of benzene rings is 1. The molecule has 0 atom stereocenters. The van der Waals surface area contributed by atoms with Crippen LogP contribution in [0.25, 0.3) is 0 Å². The van der Waals surface area contributed by atoms with Gasteiger partial charge in [-0.1, -0.05) is 37.5 Å². The van der Waals surface area contributed by atoms with Gasteiger partial charge in [0, 0.05) is 6.42 Å². The third-order valence-corrected chi connectivity index (χ3v) is 4.73. The molecule has 19 heavy (non-hydrogen) atoms. The van der Waals surface area contributed by atoms with Crippen LogP contribution in [0.15, 0.2) is 18.2 Å². The second kappa shape index (κ2) is 5.09. The Morgan fingerprint density at radius 2 is 1.79 bits per heavy atom. The average molecular weight is 258 g/mol. The van der Waals surface area contributed by atoms with Gasteiger partial charge in [0.2, 0.25) is 0 Å². The summed E-state index contributed by atoms with van der Waals surface area (Å²) in [5.41, 5.74) is 2.87. The average Bonchev–Trinajstić information content (AvgIpc) is 2.87. The van der Waals surface area contributed by atoms with Gasteiger partial charge < -0.3 is 5.11 Å². The Bertz CT molecular complexity index is 484. The number of rotatable bonds is 3. The Kier molecular flexibility index (Phi) is 3.44. The SMILES string of the molecule is O=C(Cc1ccc2c(c1)CCC2)C1(O)CCCCC1. The van der Waals surface area contributed by atoms with Crippen LogP contribution in [0.5, 0.6) is 0 Å². The second-order valence-corrected chi connectivity index (χ2v) is 6.15. The number of aryl methyl sites for hydroxylation is 2. The first-order chi connectivity index (χ1) is 9.17. The molecule has 2 heteroatoms. The van der Waals surface area contributed by atoms with Crippen molar-refractivity contribution in [3.63, 3.8) is 0 Å². The van der Waals surface area contributed by atoms with E-state index in [1.807, 2.05) is 0 Å². The van der Waals surface area contributed by atoms with E-state index in [-0.39, 0.29) is 5.78 Å². The molecule has 1 N–H and O–H groups in total. The summed E-state index contributed by atoms with van der Waals surface area (Å²) in [5, 5.41) is 10.4. The third kappa shape index (κ3) is 2.59. The number of carbonyl (C=O) groups excluding carboxylic acids is 1. The maximum Gasteiger partial charge on any atom is 0.168 e. The Hall–Kier alpha value is -1.15. The highest BCUT2D eigenvalue weighted by molar-refractivity contribution is 5.89. The Balaban J connectivity index is 1.72. The van der Waals surface area contributed by atoms with E-state index in [2.05, 4.69) is 18.2 Å². The quantitative estimate of drug-likeness (QED) is 0.905. The number of ketones is 1. The molecule has 2 aliphatic rings. The normalized spacial score (nSPS) is 21.1. The molecule has 0 aromatic heterocycles. The topological polar surface area (TPSA) is 37.3 Å². The van der Waals surface area contributed by atoms with Crippen LogP contribution in [0.4, 0.5) is 0 Å². The molecule has 0 saturated heterocycles. The van der Waals surface area contributed by atoms with Gasteiger partial charge >= 0.3 is 0 Å². The van der Waals surface area contributed by atoms with Crippen LogP contribution < -0.4 is 0 Å². The molecule has 3 rings (SSSR count). The van der Waals surface area contributed by atoms with Crippen LogP contribution in [0, 0.1) is 0 Å². The summed E-state index contributed by atoms with van der Waals surface area (Å²) in [5.74, 6) is 0.0187. The summed E-state index contributed by atoms with van der Waals surface area (Å²) < 4.78 is 0. The van der Waals surface area contributed by atoms with E-state index >= 15 is 0 Å². The molecule has 0 bridgehead atoms. The van der Waals surface area contributed by atoms with Crippen LogP contribution in [-0.2, 0) is 24.1 Å². The van der Waals surface area contributed by atoms with Crippen molar-refractivity contribution in [2.75, 3.05) is 0 Å². The highest BCUT2D eigenvalue weighted by Crippen LogP contribution is 2.30. The molecule has 0 unspecified atom stereocenters. The number of Topliss-reactive ketones (excluding diaryl/α,β-unsaturated/α-hetero) is 1. The van der Waals surface area contributed by atoms with Crippen molar-refractivity contribution >= 4 is 5.78 Å². The third-order valence-electron chi connectivity index (χ3n) is 4.73. The fourth-order valence-electron chi connectivity index (χ4n) is 3.50. The van der Waals surface area contributed by atoms with Crippen molar-refractivity contribution in [1.82, 2.24) is 0 Å². The molecule has 1 aromatic carbocycles. The molecule has 1 aromatic rings. The first-order valence-corrected chi connectivity index (χ1v) is 7.54. The smallest absolute Gasteiger partial charge is 0.168 e. The van der Waals surface area contributed by atoms with Crippen molar-refractivity contribution < 1.29 is 9.90 Å². The highest BCUT2D eigenvalue weighted by Gasteiger charge is 2.36. The van der Waals surface area contributed by atoms with E-state index in [9.17, 15) is 9.90 Å². The van der Waals surface area contributed by atoms with Gasteiger partial charge in [-0.2, -0.15) is 0 Å². The second-order valence-electron chi connectivity index (χ2n) is 6.15. The van der Waals surface area contributed by atoms with Gasteiger partial charge in [0.05, 0.1) is 0 Å². The lowest BCUT2D eigenvalue weighted by molar-refractivity contribution is -0.139. The molecule has 0 heterocycles. The van der Waals surface area contributed by atoms with Gasteiger partial charge in [0.25, 0.3) is 0 Å². The minimum atomic E-state index is -1.04. The minimum absolute atomic E-state index is 0.0187. The fraction of sp³-hybridized carbons (Fsp3) is 0.588. The van der Waals surface area contributed by atoms with Crippen molar-refractivity contribution in [2.24, 2.45) is 0 Å². The summed E-state index contributed by atoms with van der Waals surface area (Å²) in [6.07, 6.45) is 8.34. The predicted molar refractivity (Wildman–Crippen MR) is 75.2 cm³/mol. The maximum absolute atomic E-state index is 12.3. The predicted octanol–water partition coefficient (Wildman–Crippen LogP) is 2.98. The largest absolute Gasteiger partial charge is 0.382 e. The first kappa shape index (κ1) is 12.9. The van der Waals surface area contributed by atoms with Crippen molar-refractivity contribution in [1.29, 1.82) is 0 Å². The fourth-order valence-corrected chi connectivity index (χ4v) is 3.50. The van der Waals surface area contributed by atoms with Crippen molar-refractivity contribution in [3.05, 3.63) is 34.9 Å². The lowest BCUT2D eigenvalue weighted by Crippen LogP contribution is -2.41. The molecule has 102 valence electrons. The summed E-state index contributed by atoms with van der Waals surface area (Å²) in [4.78, 5) is 12.3. The Morgan fingerprint density at radius 3 is 2.58 bits per heavy atom. The van der Waals surface area contributed by atoms with Crippen LogP contribution in [0.1, 0.15) is 55.2 Å². The lowest BCUT2D eigenvalue weighted by atomic mass is 9.80. The zero-order valence-corrected chi connectivity index (χ0v) is 11.5. The van der Waals surface area contributed by atoms with Gasteiger partial charge in [0.1, 0.15) is 5.60 Å². The first-order valence-electron chi connectivity index (χ1n) is 7.54. The van der Waals surface area contributed by atoms with E-state index in [0.717, 1.165) is 31.2 Å². The monoisotopic (exact) mass is 258 g/mol. The zero-order valence-electron chi connectivity index (χ0n) is 11.5. The number of carbonyl (C=O) groups is 1. The van der Waals surface area contributed by atoms with Gasteiger partial charge in [-0.25, -0.2) is 0 Å². The molecular formula is C17H22O2. The van der Waals surface area contributed by atoms with Gasteiger partial charge in [-0.15, -0.1) is 0 Å². The van der Waals surface area contributed by atoms with Crippen LogP contribution >= 0.6 is 0 Å². The van der Waals surface area contributed by atoms with E-state index in [1.165, 1.54) is 24.0 Å². The summed E-state index contributed by atoms with van der Waals surface area (Å²) in [6.45, 7) is 0. The molecule has 1 fully saturated rings. The van der Waals surface area contributed by atoms with Crippen molar-refractivity contribution in [3.8, 4) is 0 Å². The zero-order chi connectivity index (χ0) is 13.3. The number of hydrogen-bond donors (Lipinski definition) is 1. The molecule has 2 aliphatic carbocycles. The highest BCUT2D eigenvalue weighted by atomic mass is 16.3. The maximum atomic E-state index is 12.3. The molecule has 0 radical (unpaired) electrons. The molecule has 1 saturated carbocycles. The van der Waals surface area contributed by atoms with Crippen LogP contribution in [0.2, 0.25) is 0 Å². The van der Waals surface area contributed by atoms with E-state index in [0.29, 0.717) is 19.3 Å². The van der Waals surface area contributed by atoms with Gasteiger partial charge in [0.15, 0.2) is 5.78 Å². The number of fused-ring (bicyclic) bond motifs is 1. The van der Waals surface area contributed by atoms with Gasteiger partial charge in [-0.05, 0) is 48.8 Å². The minimum Gasteiger partial charge on any atom is -0.382 e. The molecular weight excluding hydrogens is 236 g/mol. The summed E-state index contributed by atoms with van der Waals surface area (Å²) >= 11 is 0. The molecule has 0 spiro atoms. The molecule has 0 aliphatic heterocycles. The Morgan fingerprint density at radius 1 is 1.05 bits per heavy atom. The van der Waals surface area contributed by atoms with E-state index in [4.69, 9.17) is 0 Å². The Labute approximate surface area is 114 Å². The van der Waals surface area contributed by atoms with Crippen LogP contribution in [0.3, 0.4) is 0 Å². The molecule has 2 nitrogen and oxygen atoms in total. The van der Waals surface area contributed by atoms with E-state index in [1.54, 1.807) is 0 Å². The van der Waals surface area contributed by atoms with E-state index < -0.39 is 5.60 Å².